The SMILES string of the molecule is Nc1ccc(CCCNC(=O)c2ccc3nc(N4CCOCC4)c(-c4ccc(F)cc4)nc3c2)cn1. The lowest BCUT2D eigenvalue weighted by Gasteiger charge is -2.29. The van der Waals surface area contributed by atoms with Crippen LogP contribution in [0.25, 0.3) is 22.3 Å². The number of benzene rings is 2. The molecule has 1 aliphatic rings. The van der Waals surface area contributed by atoms with Crippen molar-refractivity contribution in [2.45, 2.75) is 12.8 Å². The van der Waals surface area contributed by atoms with E-state index in [1.165, 1.54) is 12.1 Å². The quantitative estimate of drug-likeness (QED) is 0.384. The minimum absolute atomic E-state index is 0.172. The second-order valence-corrected chi connectivity index (χ2v) is 8.66. The molecule has 0 aliphatic carbocycles. The number of carbonyl (C=O) groups excluding carboxylic acids is 1. The number of morpholine rings is 1. The lowest BCUT2D eigenvalue weighted by Crippen LogP contribution is -2.37. The number of rotatable bonds is 7. The molecule has 0 unspecified atom stereocenters. The molecule has 36 heavy (non-hydrogen) atoms. The maximum Gasteiger partial charge on any atom is 0.251 e. The van der Waals surface area contributed by atoms with Crippen LogP contribution < -0.4 is 16.0 Å². The number of nitrogens with zero attached hydrogens (tertiary/aromatic N) is 4. The van der Waals surface area contributed by atoms with Crippen molar-refractivity contribution in [1.82, 2.24) is 20.3 Å². The Kier molecular flexibility index (Phi) is 6.99. The molecule has 0 spiro atoms. The first-order valence-electron chi connectivity index (χ1n) is 12.0. The van der Waals surface area contributed by atoms with Crippen molar-refractivity contribution in [1.29, 1.82) is 0 Å². The smallest absolute Gasteiger partial charge is 0.251 e. The topological polar surface area (TPSA) is 106 Å². The molecule has 184 valence electrons. The summed E-state index contributed by atoms with van der Waals surface area (Å²) in [4.78, 5) is 28.8. The highest BCUT2D eigenvalue weighted by Gasteiger charge is 2.20. The molecule has 2 aromatic heterocycles. The molecule has 1 fully saturated rings. The molecule has 4 aromatic rings. The van der Waals surface area contributed by atoms with Crippen LogP contribution in [0.1, 0.15) is 22.3 Å². The maximum atomic E-state index is 13.6. The van der Waals surface area contributed by atoms with Crippen molar-refractivity contribution in [2.24, 2.45) is 0 Å². The van der Waals surface area contributed by atoms with Crippen LogP contribution >= 0.6 is 0 Å². The van der Waals surface area contributed by atoms with E-state index in [9.17, 15) is 9.18 Å². The summed E-state index contributed by atoms with van der Waals surface area (Å²) in [7, 11) is 0. The minimum Gasteiger partial charge on any atom is -0.384 e. The highest BCUT2D eigenvalue weighted by atomic mass is 19.1. The molecule has 9 heteroatoms. The lowest BCUT2D eigenvalue weighted by molar-refractivity contribution is 0.0953. The van der Waals surface area contributed by atoms with Crippen molar-refractivity contribution in [3.63, 3.8) is 0 Å². The van der Waals surface area contributed by atoms with E-state index in [2.05, 4.69) is 15.2 Å². The zero-order valence-corrected chi connectivity index (χ0v) is 19.8. The molecular formula is C27H27FN6O2. The van der Waals surface area contributed by atoms with E-state index >= 15 is 0 Å². The average molecular weight is 487 g/mol. The number of nitrogen functional groups attached to an aromatic ring is 1. The molecule has 0 bridgehead atoms. The summed E-state index contributed by atoms with van der Waals surface area (Å²) in [5.41, 5.74) is 9.91. The fourth-order valence-corrected chi connectivity index (χ4v) is 4.16. The number of hydrogen-bond acceptors (Lipinski definition) is 7. The third-order valence-electron chi connectivity index (χ3n) is 6.11. The van der Waals surface area contributed by atoms with Gasteiger partial charge in [0.2, 0.25) is 0 Å². The van der Waals surface area contributed by atoms with Crippen molar-refractivity contribution >= 4 is 28.6 Å². The van der Waals surface area contributed by atoms with Gasteiger partial charge in [-0.15, -0.1) is 0 Å². The van der Waals surface area contributed by atoms with Gasteiger partial charge in [-0.1, -0.05) is 6.07 Å². The number of hydrogen-bond donors (Lipinski definition) is 2. The number of anilines is 2. The summed E-state index contributed by atoms with van der Waals surface area (Å²) in [6.07, 6.45) is 3.33. The van der Waals surface area contributed by atoms with Crippen LogP contribution in [0.15, 0.2) is 60.8 Å². The largest absolute Gasteiger partial charge is 0.384 e. The van der Waals surface area contributed by atoms with E-state index in [0.29, 0.717) is 61.0 Å². The monoisotopic (exact) mass is 486 g/mol. The number of aromatic nitrogens is 3. The summed E-state index contributed by atoms with van der Waals surface area (Å²) in [5.74, 6) is 0.736. The molecule has 5 rings (SSSR count). The van der Waals surface area contributed by atoms with Gasteiger partial charge >= 0.3 is 0 Å². The molecule has 3 heterocycles. The molecule has 0 saturated carbocycles. The van der Waals surface area contributed by atoms with Gasteiger partial charge in [-0.2, -0.15) is 0 Å². The minimum atomic E-state index is -0.313. The molecule has 2 aromatic carbocycles. The summed E-state index contributed by atoms with van der Waals surface area (Å²) in [6.45, 7) is 3.14. The Hall–Kier alpha value is -4.11. The molecule has 0 radical (unpaired) electrons. The predicted octanol–water partition coefficient (Wildman–Crippen LogP) is 3.61. The first kappa shape index (κ1) is 23.6. The zero-order chi connectivity index (χ0) is 24.9. The number of amides is 1. The van der Waals surface area contributed by atoms with Gasteiger partial charge in [0.15, 0.2) is 5.82 Å². The number of halogens is 1. The molecule has 8 nitrogen and oxygen atoms in total. The van der Waals surface area contributed by atoms with Crippen LogP contribution in [-0.4, -0.2) is 53.7 Å². The van der Waals surface area contributed by atoms with Gasteiger partial charge < -0.3 is 20.7 Å². The van der Waals surface area contributed by atoms with Gasteiger partial charge in [-0.3, -0.25) is 4.79 Å². The van der Waals surface area contributed by atoms with Gasteiger partial charge in [0, 0.05) is 37.0 Å². The van der Waals surface area contributed by atoms with Crippen molar-refractivity contribution in [3.8, 4) is 11.3 Å². The Bertz CT molecular complexity index is 1360. The first-order valence-corrected chi connectivity index (χ1v) is 12.0. The number of nitrogens with one attached hydrogen (secondary N) is 1. The van der Waals surface area contributed by atoms with Crippen LogP contribution in [0.3, 0.4) is 0 Å². The predicted molar refractivity (Wildman–Crippen MR) is 137 cm³/mol. The second-order valence-electron chi connectivity index (χ2n) is 8.66. The summed E-state index contributed by atoms with van der Waals surface area (Å²) < 4.78 is 19.1. The van der Waals surface area contributed by atoms with Gasteiger partial charge in [0.25, 0.3) is 5.91 Å². The van der Waals surface area contributed by atoms with Crippen molar-refractivity contribution in [2.75, 3.05) is 43.5 Å². The van der Waals surface area contributed by atoms with Gasteiger partial charge in [-0.25, -0.2) is 19.3 Å². The van der Waals surface area contributed by atoms with Crippen LogP contribution in [-0.2, 0) is 11.2 Å². The standard InChI is InChI=1S/C27H27FN6O2/c28-21-7-4-19(5-8-21)25-26(34-12-14-36-15-13-34)33-22-9-6-20(16-23(22)32-25)27(35)30-11-1-2-18-3-10-24(29)31-17-18/h3-10,16-17H,1-2,11-15H2,(H2,29,31)(H,30,35). The number of pyridine rings is 1. The van der Waals surface area contributed by atoms with Gasteiger partial charge in [0.05, 0.1) is 24.2 Å². The molecule has 1 saturated heterocycles. The number of carbonyl (C=O) groups is 1. The first-order chi connectivity index (χ1) is 17.6. The Morgan fingerprint density at radius 1 is 1.03 bits per heavy atom. The third kappa shape index (κ3) is 5.41. The van der Waals surface area contributed by atoms with Crippen LogP contribution in [0.4, 0.5) is 16.0 Å². The molecule has 1 amide bonds. The van der Waals surface area contributed by atoms with Crippen molar-refractivity contribution in [3.05, 3.63) is 77.7 Å². The summed E-state index contributed by atoms with van der Waals surface area (Å²) >= 11 is 0. The van der Waals surface area contributed by atoms with Crippen molar-refractivity contribution < 1.29 is 13.9 Å². The molecule has 1 aliphatic heterocycles. The van der Waals surface area contributed by atoms with E-state index in [4.69, 9.17) is 20.4 Å². The normalized spacial score (nSPS) is 13.6. The molecular weight excluding hydrogens is 459 g/mol. The second kappa shape index (κ2) is 10.7. The Morgan fingerprint density at radius 2 is 1.83 bits per heavy atom. The Balaban J connectivity index is 1.36. The lowest BCUT2D eigenvalue weighted by atomic mass is 10.1. The van der Waals surface area contributed by atoms with Crippen LogP contribution in [0.2, 0.25) is 0 Å². The molecule has 0 atom stereocenters. The van der Waals surface area contributed by atoms with Crippen LogP contribution in [0, 0.1) is 5.82 Å². The zero-order valence-electron chi connectivity index (χ0n) is 19.8. The van der Waals surface area contributed by atoms with E-state index in [0.717, 1.165) is 29.8 Å². The van der Waals surface area contributed by atoms with Gasteiger partial charge in [-0.05, 0) is 66.9 Å². The Morgan fingerprint density at radius 3 is 2.58 bits per heavy atom. The highest BCUT2D eigenvalue weighted by molar-refractivity contribution is 5.97. The number of nitrogens with two attached hydrogens (primary N) is 1. The number of fused-ring (bicyclic) bond motifs is 1. The third-order valence-corrected chi connectivity index (χ3v) is 6.11. The number of aryl methyl sites for hydroxylation is 1. The highest BCUT2D eigenvalue weighted by Crippen LogP contribution is 2.30. The summed E-state index contributed by atoms with van der Waals surface area (Å²) in [6, 6.07) is 15.3. The number of ether oxygens (including phenoxy) is 1. The van der Waals surface area contributed by atoms with Crippen LogP contribution in [0.5, 0.6) is 0 Å². The summed E-state index contributed by atoms with van der Waals surface area (Å²) in [5, 5.41) is 2.96. The Labute approximate surface area is 208 Å². The fraction of sp³-hybridized carbons (Fsp3) is 0.259. The fourth-order valence-electron chi connectivity index (χ4n) is 4.16. The van der Waals surface area contributed by atoms with E-state index < -0.39 is 0 Å². The van der Waals surface area contributed by atoms with E-state index in [-0.39, 0.29) is 11.7 Å². The molecule has 3 N–H and O–H groups in total. The van der Waals surface area contributed by atoms with Gasteiger partial charge in [0.1, 0.15) is 17.3 Å². The average Bonchev–Trinajstić information content (AvgIpc) is 2.92. The maximum absolute atomic E-state index is 13.6. The van der Waals surface area contributed by atoms with E-state index in [1.807, 2.05) is 12.1 Å². The van der Waals surface area contributed by atoms with E-state index in [1.54, 1.807) is 36.5 Å².